The molecule has 1 aliphatic heterocycles. The van der Waals surface area contributed by atoms with Crippen LogP contribution in [-0.2, 0) is 11.3 Å². The highest BCUT2D eigenvalue weighted by molar-refractivity contribution is 6.05. The lowest BCUT2D eigenvalue weighted by atomic mass is 10.1. The third-order valence-electron chi connectivity index (χ3n) is 5.03. The maximum Gasteiger partial charge on any atom is 0.255 e. The molecular formula is C22H23N3O3. The van der Waals surface area contributed by atoms with E-state index >= 15 is 0 Å². The Bertz CT molecular complexity index is 921. The van der Waals surface area contributed by atoms with Gasteiger partial charge in [-0.3, -0.25) is 14.4 Å². The Hall–Kier alpha value is -3.15. The van der Waals surface area contributed by atoms with Crippen molar-refractivity contribution in [3.63, 3.8) is 0 Å². The molecule has 4 rings (SSSR count). The Balaban J connectivity index is 1.42. The number of nitrogens with zero attached hydrogens (tertiary/aromatic N) is 1. The van der Waals surface area contributed by atoms with Gasteiger partial charge in [-0.15, -0.1) is 0 Å². The van der Waals surface area contributed by atoms with Crippen LogP contribution < -0.4 is 10.6 Å². The number of benzene rings is 2. The van der Waals surface area contributed by atoms with Crippen molar-refractivity contribution in [2.75, 3.05) is 11.9 Å². The average molecular weight is 377 g/mol. The second-order valence-corrected chi connectivity index (χ2v) is 7.40. The van der Waals surface area contributed by atoms with Gasteiger partial charge in [0, 0.05) is 42.4 Å². The van der Waals surface area contributed by atoms with Crippen molar-refractivity contribution < 1.29 is 14.4 Å². The van der Waals surface area contributed by atoms with Crippen LogP contribution in [-0.4, -0.2) is 35.2 Å². The summed E-state index contributed by atoms with van der Waals surface area (Å²) in [5.41, 5.74) is 2.57. The molecule has 2 N–H and O–H groups in total. The average Bonchev–Trinajstić information content (AvgIpc) is 3.43. The highest BCUT2D eigenvalue weighted by Gasteiger charge is 2.24. The third kappa shape index (κ3) is 4.39. The zero-order chi connectivity index (χ0) is 19.5. The molecule has 0 unspecified atom stereocenters. The number of carbonyl (C=O) groups excluding carboxylic acids is 3. The van der Waals surface area contributed by atoms with Crippen LogP contribution in [0.2, 0.25) is 0 Å². The fourth-order valence-corrected chi connectivity index (χ4v) is 3.34. The summed E-state index contributed by atoms with van der Waals surface area (Å²) in [5.74, 6) is -0.193. The van der Waals surface area contributed by atoms with Crippen LogP contribution in [0.15, 0.2) is 48.5 Å². The molecule has 3 amide bonds. The molecule has 0 radical (unpaired) electrons. The Labute approximate surface area is 163 Å². The van der Waals surface area contributed by atoms with E-state index < -0.39 is 0 Å². The van der Waals surface area contributed by atoms with E-state index in [2.05, 4.69) is 10.6 Å². The first kappa shape index (κ1) is 18.2. The van der Waals surface area contributed by atoms with Crippen LogP contribution in [0, 0.1) is 0 Å². The molecule has 1 saturated heterocycles. The largest absolute Gasteiger partial charge is 0.349 e. The fourth-order valence-electron chi connectivity index (χ4n) is 3.34. The smallest absolute Gasteiger partial charge is 0.255 e. The SMILES string of the molecule is O=C(Nc1cccc(C(=O)NC2CC2)c1)c1cccc(CN2CCCC2=O)c1. The lowest BCUT2D eigenvalue weighted by Crippen LogP contribution is -2.25. The molecule has 2 fully saturated rings. The number of anilines is 1. The lowest BCUT2D eigenvalue weighted by Gasteiger charge is -2.16. The van der Waals surface area contributed by atoms with Gasteiger partial charge >= 0.3 is 0 Å². The summed E-state index contributed by atoms with van der Waals surface area (Å²) in [7, 11) is 0. The predicted molar refractivity (Wildman–Crippen MR) is 106 cm³/mol. The van der Waals surface area contributed by atoms with E-state index in [-0.39, 0.29) is 23.8 Å². The highest BCUT2D eigenvalue weighted by atomic mass is 16.2. The molecule has 2 aromatic carbocycles. The first-order valence-electron chi connectivity index (χ1n) is 9.67. The van der Waals surface area contributed by atoms with Crippen LogP contribution in [0.4, 0.5) is 5.69 Å². The van der Waals surface area contributed by atoms with Crippen LogP contribution in [0.1, 0.15) is 52.0 Å². The first-order chi connectivity index (χ1) is 13.6. The number of likely N-dealkylation sites (tertiary alicyclic amines) is 1. The van der Waals surface area contributed by atoms with Gasteiger partial charge in [0.2, 0.25) is 5.91 Å². The van der Waals surface area contributed by atoms with E-state index in [0.717, 1.165) is 31.4 Å². The summed E-state index contributed by atoms with van der Waals surface area (Å²) in [6.45, 7) is 1.29. The van der Waals surface area contributed by atoms with Crippen molar-refractivity contribution in [2.24, 2.45) is 0 Å². The summed E-state index contributed by atoms with van der Waals surface area (Å²) in [5, 5.41) is 5.80. The van der Waals surface area contributed by atoms with Crippen molar-refractivity contribution in [3.05, 3.63) is 65.2 Å². The van der Waals surface area contributed by atoms with Crippen molar-refractivity contribution in [1.82, 2.24) is 10.2 Å². The minimum absolute atomic E-state index is 0.115. The second kappa shape index (κ2) is 7.84. The molecule has 1 heterocycles. The molecule has 2 aromatic rings. The zero-order valence-electron chi connectivity index (χ0n) is 15.6. The number of rotatable bonds is 6. The molecule has 0 aromatic heterocycles. The molecule has 144 valence electrons. The summed E-state index contributed by atoms with van der Waals surface area (Å²) < 4.78 is 0. The Morgan fingerprint density at radius 3 is 2.46 bits per heavy atom. The number of carbonyl (C=O) groups is 3. The van der Waals surface area contributed by atoms with Crippen molar-refractivity contribution in [3.8, 4) is 0 Å². The van der Waals surface area contributed by atoms with Gasteiger partial charge in [-0.05, 0) is 55.2 Å². The molecule has 1 saturated carbocycles. The van der Waals surface area contributed by atoms with Crippen molar-refractivity contribution in [1.29, 1.82) is 0 Å². The van der Waals surface area contributed by atoms with Gasteiger partial charge in [-0.2, -0.15) is 0 Å². The number of nitrogens with one attached hydrogen (secondary N) is 2. The number of amides is 3. The van der Waals surface area contributed by atoms with E-state index in [1.807, 2.05) is 23.1 Å². The van der Waals surface area contributed by atoms with E-state index in [1.165, 1.54) is 0 Å². The predicted octanol–water partition coefficient (Wildman–Crippen LogP) is 2.95. The van der Waals surface area contributed by atoms with Crippen LogP contribution in [0.5, 0.6) is 0 Å². The summed E-state index contributed by atoms with van der Waals surface area (Å²) in [6.07, 6.45) is 3.55. The monoisotopic (exact) mass is 377 g/mol. The van der Waals surface area contributed by atoms with Crippen LogP contribution in [0.25, 0.3) is 0 Å². The molecule has 0 bridgehead atoms. The van der Waals surface area contributed by atoms with Crippen LogP contribution >= 0.6 is 0 Å². The van der Waals surface area contributed by atoms with Crippen molar-refractivity contribution >= 4 is 23.4 Å². The van der Waals surface area contributed by atoms with Gasteiger partial charge in [-0.25, -0.2) is 0 Å². The minimum Gasteiger partial charge on any atom is -0.349 e. The van der Waals surface area contributed by atoms with Gasteiger partial charge in [0.25, 0.3) is 11.8 Å². The highest BCUT2D eigenvalue weighted by Crippen LogP contribution is 2.20. The van der Waals surface area contributed by atoms with E-state index in [4.69, 9.17) is 0 Å². The minimum atomic E-state index is -0.241. The lowest BCUT2D eigenvalue weighted by molar-refractivity contribution is -0.128. The molecule has 0 spiro atoms. The van der Waals surface area contributed by atoms with Gasteiger partial charge in [0.05, 0.1) is 0 Å². The second-order valence-electron chi connectivity index (χ2n) is 7.40. The maximum absolute atomic E-state index is 12.6. The third-order valence-corrected chi connectivity index (χ3v) is 5.03. The Kier molecular flexibility index (Phi) is 5.10. The summed E-state index contributed by atoms with van der Waals surface area (Å²) >= 11 is 0. The van der Waals surface area contributed by atoms with E-state index in [1.54, 1.807) is 30.3 Å². The van der Waals surface area contributed by atoms with Gasteiger partial charge < -0.3 is 15.5 Å². The summed E-state index contributed by atoms with van der Waals surface area (Å²) in [6, 6.07) is 14.5. The number of hydrogen-bond acceptors (Lipinski definition) is 3. The van der Waals surface area contributed by atoms with Crippen molar-refractivity contribution in [2.45, 2.75) is 38.3 Å². The quantitative estimate of drug-likeness (QED) is 0.812. The molecule has 6 heteroatoms. The van der Waals surface area contributed by atoms with Gasteiger partial charge in [0.1, 0.15) is 0 Å². The maximum atomic E-state index is 12.6. The fraction of sp³-hybridized carbons (Fsp3) is 0.318. The molecule has 2 aliphatic rings. The molecule has 6 nitrogen and oxygen atoms in total. The topological polar surface area (TPSA) is 78.5 Å². The Morgan fingerprint density at radius 1 is 1.00 bits per heavy atom. The molecular weight excluding hydrogens is 354 g/mol. The van der Waals surface area contributed by atoms with E-state index in [0.29, 0.717) is 29.8 Å². The summed E-state index contributed by atoms with van der Waals surface area (Å²) in [4.78, 5) is 38.5. The Morgan fingerprint density at radius 2 is 1.75 bits per heavy atom. The first-order valence-corrected chi connectivity index (χ1v) is 9.67. The normalized spacial score (nSPS) is 16.1. The van der Waals surface area contributed by atoms with Gasteiger partial charge in [0.15, 0.2) is 0 Å². The zero-order valence-corrected chi connectivity index (χ0v) is 15.6. The standard InChI is InChI=1S/C22H23N3O3/c26-20-8-3-11-25(20)14-15-4-1-5-16(12-15)21(27)24-19-7-2-6-17(13-19)22(28)23-18-9-10-18/h1-2,4-7,12-13,18H,3,8-11,14H2,(H,23,28)(H,24,27). The molecule has 28 heavy (non-hydrogen) atoms. The van der Waals surface area contributed by atoms with E-state index in [9.17, 15) is 14.4 Å². The molecule has 1 aliphatic carbocycles. The number of hydrogen-bond donors (Lipinski definition) is 2. The van der Waals surface area contributed by atoms with Crippen LogP contribution in [0.3, 0.4) is 0 Å². The molecule has 0 atom stereocenters. The van der Waals surface area contributed by atoms with Gasteiger partial charge in [-0.1, -0.05) is 18.2 Å².